The number of pyridine rings is 1. The largest absolute Gasteiger partial charge is 0.381 e. The van der Waals surface area contributed by atoms with E-state index in [0.29, 0.717) is 0 Å². The van der Waals surface area contributed by atoms with Gasteiger partial charge in [-0.2, -0.15) is 0 Å². The number of hydrogen-bond donors (Lipinski definition) is 2. The number of nitrogens with one attached hydrogen (secondary N) is 1. The van der Waals surface area contributed by atoms with E-state index in [2.05, 4.69) is 17.2 Å². The van der Waals surface area contributed by atoms with Gasteiger partial charge in [0.05, 0.1) is 5.56 Å². The van der Waals surface area contributed by atoms with Crippen LogP contribution in [0.2, 0.25) is 0 Å². The summed E-state index contributed by atoms with van der Waals surface area (Å²) in [5, 5.41) is 2.89. The minimum atomic E-state index is -0.734. The Balaban J connectivity index is 1.96. The van der Waals surface area contributed by atoms with Gasteiger partial charge in [-0.1, -0.05) is 13.3 Å². The predicted molar refractivity (Wildman–Crippen MR) is 72.1 cm³/mol. The summed E-state index contributed by atoms with van der Waals surface area (Å²) >= 11 is 0. The van der Waals surface area contributed by atoms with Crippen LogP contribution >= 0.6 is 0 Å². The van der Waals surface area contributed by atoms with Crippen molar-refractivity contribution in [3.05, 3.63) is 23.6 Å². The highest BCUT2D eigenvalue weighted by molar-refractivity contribution is 5.95. The van der Waals surface area contributed by atoms with Crippen LogP contribution in [0.1, 0.15) is 49.4 Å². The molecule has 1 saturated carbocycles. The predicted octanol–water partition coefficient (Wildman–Crippen LogP) is 2.50. The first kappa shape index (κ1) is 13.8. The second-order valence-corrected chi connectivity index (χ2v) is 5.16. The van der Waals surface area contributed by atoms with Crippen molar-refractivity contribution in [3.63, 3.8) is 0 Å². The summed E-state index contributed by atoms with van der Waals surface area (Å²) in [6.45, 7) is 2.19. The molecule has 1 aliphatic carbocycles. The lowest BCUT2D eigenvalue weighted by atomic mass is 9.84. The molecule has 19 heavy (non-hydrogen) atoms. The van der Waals surface area contributed by atoms with E-state index in [1.54, 1.807) is 0 Å². The molecule has 1 aliphatic rings. The summed E-state index contributed by atoms with van der Waals surface area (Å²) < 4.78 is 13.7. The van der Waals surface area contributed by atoms with Crippen molar-refractivity contribution in [1.29, 1.82) is 0 Å². The highest BCUT2D eigenvalue weighted by Crippen LogP contribution is 2.26. The van der Waals surface area contributed by atoms with E-state index >= 15 is 0 Å². The van der Waals surface area contributed by atoms with Crippen LogP contribution in [0.3, 0.4) is 0 Å². The molecule has 3 N–H and O–H groups in total. The molecule has 5 heteroatoms. The number of rotatable bonds is 3. The molecule has 0 radical (unpaired) electrons. The molecule has 2 rings (SSSR count). The van der Waals surface area contributed by atoms with Gasteiger partial charge in [-0.15, -0.1) is 0 Å². The fraction of sp³-hybridized carbons (Fsp3) is 0.571. The first-order chi connectivity index (χ1) is 9.11. The summed E-state index contributed by atoms with van der Waals surface area (Å²) in [5.41, 5.74) is 5.34. The monoisotopic (exact) mass is 265 g/mol. The number of nitrogen functional groups attached to an aromatic ring is 1. The quantitative estimate of drug-likeness (QED) is 0.882. The van der Waals surface area contributed by atoms with Gasteiger partial charge in [0.2, 0.25) is 0 Å². The molecule has 1 heterocycles. The molecule has 1 amide bonds. The zero-order valence-corrected chi connectivity index (χ0v) is 11.2. The van der Waals surface area contributed by atoms with Crippen LogP contribution < -0.4 is 11.1 Å². The number of nitrogens with two attached hydrogens (primary N) is 1. The topological polar surface area (TPSA) is 68.0 Å². The number of carbonyl (C=O) groups excluding carboxylic acids is 1. The van der Waals surface area contributed by atoms with Crippen molar-refractivity contribution >= 4 is 11.7 Å². The van der Waals surface area contributed by atoms with Gasteiger partial charge in [-0.25, -0.2) is 9.37 Å². The van der Waals surface area contributed by atoms with Gasteiger partial charge in [0.15, 0.2) is 11.6 Å². The molecule has 1 aromatic heterocycles. The Morgan fingerprint density at radius 2 is 2.16 bits per heavy atom. The van der Waals surface area contributed by atoms with Crippen LogP contribution in [-0.4, -0.2) is 16.9 Å². The van der Waals surface area contributed by atoms with Crippen LogP contribution in [0, 0.1) is 11.7 Å². The number of aromatic nitrogens is 1. The van der Waals surface area contributed by atoms with Gasteiger partial charge < -0.3 is 11.1 Å². The Labute approximate surface area is 112 Å². The number of nitrogens with zero attached hydrogens (tertiary/aromatic N) is 1. The third-order valence-corrected chi connectivity index (χ3v) is 3.92. The first-order valence-corrected chi connectivity index (χ1v) is 6.82. The van der Waals surface area contributed by atoms with E-state index in [1.807, 2.05) is 0 Å². The number of amides is 1. The van der Waals surface area contributed by atoms with Crippen molar-refractivity contribution < 1.29 is 9.18 Å². The minimum Gasteiger partial charge on any atom is -0.381 e. The van der Waals surface area contributed by atoms with Gasteiger partial charge in [-0.05, 0) is 37.7 Å². The van der Waals surface area contributed by atoms with Gasteiger partial charge in [0.1, 0.15) is 0 Å². The molecule has 104 valence electrons. The normalized spacial score (nSPS) is 23.1. The van der Waals surface area contributed by atoms with E-state index in [-0.39, 0.29) is 17.4 Å². The zero-order chi connectivity index (χ0) is 13.8. The molecule has 0 aliphatic heterocycles. The molecule has 0 saturated heterocycles. The first-order valence-electron chi connectivity index (χ1n) is 6.82. The maximum Gasteiger partial charge on any atom is 0.254 e. The van der Waals surface area contributed by atoms with E-state index in [9.17, 15) is 9.18 Å². The van der Waals surface area contributed by atoms with Crippen LogP contribution in [0.5, 0.6) is 0 Å². The van der Waals surface area contributed by atoms with Gasteiger partial charge >= 0.3 is 0 Å². The van der Waals surface area contributed by atoms with Crippen LogP contribution in [0.25, 0.3) is 0 Å². The number of anilines is 1. The van der Waals surface area contributed by atoms with Crippen LogP contribution in [0.4, 0.5) is 10.2 Å². The van der Waals surface area contributed by atoms with E-state index < -0.39 is 11.7 Å². The minimum absolute atomic E-state index is 0.0230. The Morgan fingerprint density at radius 1 is 1.47 bits per heavy atom. The molecule has 0 aromatic carbocycles. The van der Waals surface area contributed by atoms with Crippen LogP contribution in [0.15, 0.2) is 12.3 Å². The van der Waals surface area contributed by atoms with E-state index in [4.69, 9.17) is 5.73 Å². The number of halogens is 1. The maximum atomic E-state index is 13.7. The van der Waals surface area contributed by atoms with E-state index in [1.165, 1.54) is 18.7 Å². The lowest BCUT2D eigenvalue weighted by Gasteiger charge is -2.28. The molecule has 0 spiro atoms. The fourth-order valence-electron chi connectivity index (χ4n) is 2.61. The highest BCUT2D eigenvalue weighted by Gasteiger charge is 2.23. The third-order valence-electron chi connectivity index (χ3n) is 3.92. The Morgan fingerprint density at radius 3 is 2.79 bits per heavy atom. The standard InChI is InChI=1S/C14H20FN3O/c1-2-9-3-5-10(6-4-9)18-14(19)11-7-8-17-13(16)12(11)15/h7-10H,2-6H2,1H3,(H2,16,17)(H,18,19). The van der Waals surface area contributed by atoms with Gasteiger partial charge in [0.25, 0.3) is 5.91 Å². The van der Waals surface area contributed by atoms with Crippen molar-refractivity contribution in [2.75, 3.05) is 5.73 Å². The smallest absolute Gasteiger partial charge is 0.254 e. The highest BCUT2D eigenvalue weighted by atomic mass is 19.1. The summed E-state index contributed by atoms with van der Waals surface area (Å²) in [5.74, 6) is -0.599. The molecule has 1 fully saturated rings. The fourth-order valence-corrected chi connectivity index (χ4v) is 2.61. The molecule has 0 bridgehead atoms. The molecule has 0 unspecified atom stereocenters. The number of hydrogen-bond acceptors (Lipinski definition) is 3. The SMILES string of the molecule is CCC1CCC(NC(=O)c2ccnc(N)c2F)CC1. The Kier molecular flexibility index (Phi) is 4.35. The number of carbonyl (C=O) groups is 1. The third kappa shape index (κ3) is 3.22. The average molecular weight is 265 g/mol. The van der Waals surface area contributed by atoms with Gasteiger partial charge in [-0.3, -0.25) is 4.79 Å². The molecular weight excluding hydrogens is 245 g/mol. The Bertz CT molecular complexity index is 456. The summed E-state index contributed by atoms with van der Waals surface area (Å²) in [6, 6.07) is 1.50. The zero-order valence-electron chi connectivity index (χ0n) is 11.2. The van der Waals surface area contributed by atoms with Crippen LogP contribution in [-0.2, 0) is 0 Å². The van der Waals surface area contributed by atoms with Gasteiger partial charge in [0, 0.05) is 12.2 Å². The van der Waals surface area contributed by atoms with Crippen molar-refractivity contribution in [2.45, 2.75) is 45.1 Å². The molecule has 4 nitrogen and oxygen atoms in total. The lowest BCUT2D eigenvalue weighted by molar-refractivity contribution is 0.0917. The van der Waals surface area contributed by atoms with Crippen molar-refractivity contribution in [3.8, 4) is 0 Å². The maximum absolute atomic E-state index is 13.7. The Hall–Kier alpha value is -1.65. The van der Waals surface area contributed by atoms with Crippen molar-refractivity contribution in [2.24, 2.45) is 5.92 Å². The second-order valence-electron chi connectivity index (χ2n) is 5.16. The average Bonchev–Trinajstić information content (AvgIpc) is 2.42. The van der Waals surface area contributed by atoms with E-state index in [0.717, 1.165) is 31.6 Å². The molecule has 1 aromatic rings. The lowest BCUT2D eigenvalue weighted by Crippen LogP contribution is -2.38. The van der Waals surface area contributed by atoms with Crippen molar-refractivity contribution in [1.82, 2.24) is 10.3 Å². The summed E-state index contributed by atoms with van der Waals surface area (Å²) in [4.78, 5) is 15.6. The molecular formula is C14H20FN3O. The summed E-state index contributed by atoms with van der Waals surface area (Å²) in [6.07, 6.45) is 6.72. The summed E-state index contributed by atoms with van der Waals surface area (Å²) in [7, 11) is 0. The second kappa shape index (κ2) is 5.99. The molecule has 0 atom stereocenters.